The van der Waals surface area contributed by atoms with Crippen LogP contribution in [0.25, 0.3) is 32.9 Å². The van der Waals surface area contributed by atoms with Gasteiger partial charge < -0.3 is 4.57 Å². The number of benzene rings is 3. The van der Waals surface area contributed by atoms with Gasteiger partial charge in [0.25, 0.3) is 0 Å². The fourth-order valence-corrected chi connectivity index (χ4v) is 4.95. The van der Waals surface area contributed by atoms with E-state index in [0.717, 1.165) is 12.5 Å². The van der Waals surface area contributed by atoms with Crippen LogP contribution in [0.3, 0.4) is 0 Å². The zero-order chi connectivity index (χ0) is 18.2. The lowest BCUT2D eigenvalue weighted by Gasteiger charge is -2.22. The Kier molecular flexibility index (Phi) is 4.24. The molecule has 0 atom stereocenters. The van der Waals surface area contributed by atoms with Gasteiger partial charge in [-0.15, -0.1) is 0 Å². The highest BCUT2D eigenvalue weighted by molar-refractivity contribution is 6.09. The van der Waals surface area contributed by atoms with Gasteiger partial charge >= 0.3 is 0 Å². The minimum Gasteiger partial charge on any atom is -0.341 e. The van der Waals surface area contributed by atoms with E-state index >= 15 is 0 Å². The van der Waals surface area contributed by atoms with Crippen LogP contribution in [0.1, 0.15) is 50.5 Å². The first-order valence-electron chi connectivity index (χ1n) is 10.5. The zero-order valence-electron chi connectivity index (χ0n) is 16.1. The first-order chi connectivity index (χ1) is 13.3. The fourth-order valence-electron chi connectivity index (χ4n) is 4.95. The Bertz CT molecular complexity index is 1080. The average molecular weight is 354 g/mol. The van der Waals surface area contributed by atoms with E-state index in [4.69, 9.17) is 0 Å². The van der Waals surface area contributed by atoms with Gasteiger partial charge in [0.15, 0.2) is 0 Å². The first kappa shape index (κ1) is 16.6. The molecule has 0 saturated heterocycles. The first-order valence-corrected chi connectivity index (χ1v) is 10.5. The summed E-state index contributed by atoms with van der Waals surface area (Å²) in [7, 11) is 0. The average Bonchev–Trinajstić information content (AvgIpc) is 3.07. The van der Waals surface area contributed by atoms with Crippen molar-refractivity contribution in [3.63, 3.8) is 0 Å². The quantitative estimate of drug-likeness (QED) is 0.359. The van der Waals surface area contributed by atoms with Crippen molar-refractivity contribution in [2.45, 2.75) is 51.5 Å². The summed E-state index contributed by atoms with van der Waals surface area (Å²) >= 11 is 0. The molecule has 3 aromatic carbocycles. The molecule has 0 amide bonds. The summed E-state index contributed by atoms with van der Waals surface area (Å²) in [5, 5.41) is 2.71. The topological polar surface area (TPSA) is 4.93 Å². The van der Waals surface area contributed by atoms with Crippen molar-refractivity contribution in [3.05, 3.63) is 72.3 Å². The smallest absolute Gasteiger partial charge is 0.0497 e. The lowest BCUT2D eigenvalue weighted by Crippen LogP contribution is -2.04. The summed E-state index contributed by atoms with van der Waals surface area (Å²) in [6.07, 6.45) is 6.93. The van der Waals surface area contributed by atoms with Crippen molar-refractivity contribution in [3.8, 4) is 11.1 Å². The predicted octanol–water partition coefficient (Wildman–Crippen LogP) is 7.53. The van der Waals surface area contributed by atoms with Crippen molar-refractivity contribution < 1.29 is 0 Å². The number of nitrogens with zero attached hydrogens (tertiary/aromatic N) is 1. The van der Waals surface area contributed by atoms with Crippen LogP contribution < -0.4 is 0 Å². The van der Waals surface area contributed by atoms with Gasteiger partial charge in [0, 0.05) is 28.4 Å². The van der Waals surface area contributed by atoms with Gasteiger partial charge in [-0.05, 0) is 54.5 Å². The van der Waals surface area contributed by atoms with Gasteiger partial charge in [-0.1, -0.05) is 73.9 Å². The van der Waals surface area contributed by atoms with E-state index in [1.54, 1.807) is 0 Å². The van der Waals surface area contributed by atoms with Crippen molar-refractivity contribution in [2.24, 2.45) is 0 Å². The molecule has 1 aliphatic carbocycles. The number of para-hydroxylation sites is 1. The highest BCUT2D eigenvalue weighted by atomic mass is 15.0. The highest BCUT2D eigenvalue weighted by Gasteiger charge is 2.15. The van der Waals surface area contributed by atoms with Crippen LogP contribution in [-0.4, -0.2) is 4.57 Å². The molecule has 0 bridgehead atoms. The number of aromatic nitrogens is 1. The Labute approximate surface area is 161 Å². The summed E-state index contributed by atoms with van der Waals surface area (Å²) in [5.74, 6) is 0.776. The summed E-state index contributed by atoms with van der Waals surface area (Å²) in [5.41, 5.74) is 6.84. The van der Waals surface area contributed by atoms with Gasteiger partial charge in [0.1, 0.15) is 0 Å². The molecule has 136 valence electrons. The van der Waals surface area contributed by atoms with E-state index in [9.17, 15) is 0 Å². The third kappa shape index (κ3) is 2.86. The van der Waals surface area contributed by atoms with Gasteiger partial charge in [0.05, 0.1) is 0 Å². The van der Waals surface area contributed by atoms with Crippen LogP contribution in [0, 0.1) is 0 Å². The normalized spacial score (nSPS) is 15.6. The minimum atomic E-state index is 0.776. The summed E-state index contributed by atoms with van der Waals surface area (Å²) in [6.45, 7) is 3.23. The lowest BCUT2D eigenvalue weighted by molar-refractivity contribution is 0.443. The zero-order valence-corrected chi connectivity index (χ0v) is 16.1. The molecule has 1 aliphatic rings. The SMILES string of the molecule is CCn1c2ccccc2c2ccc(-c3ccc(C4CCCCC4)cc3)cc21. The van der Waals surface area contributed by atoms with Crippen LogP contribution in [-0.2, 0) is 6.54 Å². The Morgan fingerprint density at radius 1 is 0.741 bits per heavy atom. The van der Waals surface area contributed by atoms with Gasteiger partial charge in [-0.2, -0.15) is 0 Å². The second-order valence-corrected chi connectivity index (χ2v) is 7.95. The fraction of sp³-hybridized carbons (Fsp3) is 0.308. The molecule has 5 rings (SSSR count). The Balaban J connectivity index is 1.56. The second-order valence-electron chi connectivity index (χ2n) is 7.95. The monoisotopic (exact) mass is 353 g/mol. The van der Waals surface area contributed by atoms with E-state index in [1.807, 2.05) is 0 Å². The van der Waals surface area contributed by atoms with E-state index in [-0.39, 0.29) is 0 Å². The largest absolute Gasteiger partial charge is 0.341 e. The van der Waals surface area contributed by atoms with Crippen LogP contribution >= 0.6 is 0 Å². The molecule has 1 saturated carbocycles. The summed E-state index contributed by atoms with van der Waals surface area (Å²) < 4.78 is 2.44. The van der Waals surface area contributed by atoms with Gasteiger partial charge in [-0.25, -0.2) is 0 Å². The number of hydrogen-bond acceptors (Lipinski definition) is 0. The Hall–Kier alpha value is -2.54. The van der Waals surface area contributed by atoms with E-state index < -0.39 is 0 Å². The summed E-state index contributed by atoms with van der Waals surface area (Å²) in [6, 6.07) is 25.1. The molecular weight excluding hydrogens is 326 g/mol. The third-order valence-corrected chi connectivity index (χ3v) is 6.41. The maximum Gasteiger partial charge on any atom is 0.0497 e. The van der Waals surface area contributed by atoms with E-state index in [1.165, 1.54) is 70.6 Å². The molecule has 1 aromatic heterocycles. The molecule has 1 heterocycles. The highest BCUT2D eigenvalue weighted by Crippen LogP contribution is 2.35. The minimum absolute atomic E-state index is 0.776. The van der Waals surface area contributed by atoms with E-state index in [2.05, 4.69) is 78.2 Å². The molecular formula is C26H27N. The molecule has 1 nitrogen and oxygen atoms in total. The maximum atomic E-state index is 2.44. The summed E-state index contributed by atoms with van der Waals surface area (Å²) in [4.78, 5) is 0. The van der Waals surface area contributed by atoms with Crippen molar-refractivity contribution in [2.75, 3.05) is 0 Å². The third-order valence-electron chi connectivity index (χ3n) is 6.41. The molecule has 1 heteroatoms. The van der Waals surface area contributed by atoms with Crippen molar-refractivity contribution in [1.29, 1.82) is 0 Å². The van der Waals surface area contributed by atoms with Crippen molar-refractivity contribution in [1.82, 2.24) is 4.57 Å². The number of rotatable bonds is 3. The Morgan fingerprint density at radius 2 is 1.44 bits per heavy atom. The van der Waals surface area contributed by atoms with Crippen LogP contribution in [0.2, 0.25) is 0 Å². The second kappa shape index (κ2) is 6.88. The molecule has 0 spiro atoms. The molecule has 27 heavy (non-hydrogen) atoms. The molecule has 1 fully saturated rings. The molecule has 0 N–H and O–H groups in total. The molecule has 0 radical (unpaired) electrons. The molecule has 0 aliphatic heterocycles. The standard InChI is InChI=1S/C26H27N/c1-2-27-25-11-7-6-10-23(25)24-17-16-22(18-26(24)27)21-14-12-20(13-15-21)19-8-4-3-5-9-19/h6-7,10-19H,2-5,8-9H2,1H3. The van der Waals surface area contributed by atoms with Gasteiger partial charge in [0.2, 0.25) is 0 Å². The Morgan fingerprint density at radius 3 is 2.22 bits per heavy atom. The van der Waals surface area contributed by atoms with Crippen LogP contribution in [0.5, 0.6) is 0 Å². The maximum absolute atomic E-state index is 2.44. The van der Waals surface area contributed by atoms with Crippen LogP contribution in [0.15, 0.2) is 66.7 Å². The number of aryl methyl sites for hydroxylation is 1. The van der Waals surface area contributed by atoms with Crippen LogP contribution in [0.4, 0.5) is 0 Å². The van der Waals surface area contributed by atoms with Gasteiger partial charge in [-0.3, -0.25) is 0 Å². The number of hydrogen-bond donors (Lipinski definition) is 0. The molecule has 4 aromatic rings. The van der Waals surface area contributed by atoms with Crippen molar-refractivity contribution >= 4 is 21.8 Å². The molecule has 0 unspecified atom stereocenters. The predicted molar refractivity (Wildman–Crippen MR) is 116 cm³/mol. The van der Waals surface area contributed by atoms with E-state index in [0.29, 0.717) is 0 Å². The number of fused-ring (bicyclic) bond motifs is 3. The lowest BCUT2D eigenvalue weighted by atomic mass is 9.84.